The summed E-state index contributed by atoms with van der Waals surface area (Å²) in [6, 6.07) is 41.0. The van der Waals surface area contributed by atoms with Crippen LogP contribution in [-0.4, -0.2) is 39.2 Å². The van der Waals surface area contributed by atoms with Gasteiger partial charge in [0, 0.05) is 30.5 Å². The monoisotopic (exact) mass is 756 g/mol. The summed E-state index contributed by atoms with van der Waals surface area (Å²) in [6.07, 6.45) is 7.64. The quantitative estimate of drug-likeness (QED) is 0.150. The van der Waals surface area contributed by atoms with Gasteiger partial charge in [-0.2, -0.15) is 0 Å². The van der Waals surface area contributed by atoms with Crippen molar-refractivity contribution < 1.29 is 14.3 Å². The highest BCUT2D eigenvalue weighted by atomic mass is 32.2. The number of carbonyl (C=O) groups is 2. The molecule has 0 unspecified atom stereocenters. The molecule has 2 fully saturated rings. The number of para-hydroxylation sites is 1. The molecule has 0 spiro atoms. The summed E-state index contributed by atoms with van der Waals surface area (Å²) in [4.78, 5) is 47.7. The van der Waals surface area contributed by atoms with Gasteiger partial charge in [-0.25, -0.2) is 4.99 Å². The zero-order valence-electron chi connectivity index (χ0n) is 29.5. The number of hydrogen-bond donors (Lipinski definition) is 2. The highest BCUT2D eigenvalue weighted by Crippen LogP contribution is 2.39. The van der Waals surface area contributed by atoms with Crippen LogP contribution in [0.1, 0.15) is 16.7 Å². The molecule has 9 rings (SSSR count). The number of aliphatic imine (C=N–C) groups is 2. The SMILES string of the molecule is C/N=C1\S/C(=C\c2ccc3[nH]ccc3c2)C(=O)N1c1cccc(COc2ccc(/N=C3\S/C(=C\c4ccc5[nH]ccc5c4)C(=O)N3c3ccccc3)cc2)c1. The Morgan fingerprint density at radius 3 is 1.87 bits per heavy atom. The minimum absolute atomic E-state index is 0.121. The molecule has 0 radical (unpaired) electrons. The Balaban J connectivity index is 0.905. The third-order valence-electron chi connectivity index (χ3n) is 9.20. The minimum atomic E-state index is -0.125. The Kier molecular flexibility index (Phi) is 9.14. The fraction of sp³-hybridized carbons (Fsp3) is 0.0455. The molecule has 9 nitrogen and oxygen atoms in total. The number of ether oxygens (including phenoxy) is 1. The van der Waals surface area contributed by atoms with Gasteiger partial charge >= 0.3 is 0 Å². The second-order valence-corrected chi connectivity index (χ2v) is 14.9. The van der Waals surface area contributed by atoms with E-state index in [0.29, 0.717) is 38.2 Å². The van der Waals surface area contributed by atoms with E-state index in [-0.39, 0.29) is 11.8 Å². The first-order chi connectivity index (χ1) is 27.0. The predicted molar refractivity (Wildman–Crippen MR) is 227 cm³/mol. The van der Waals surface area contributed by atoms with E-state index in [1.54, 1.807) is 16.8 Å². The summed E-state index contributed by atoms with van der Waals surface area (Å²) < 4.78 is 6.18. The van der Waals surface area contributed by atoms with Crippen LogP contribution in [0.25, 0.3) is 34.0 Å². The van der Waals surface area contributed by atoms with Crippen molar-refractivity contribution in [3.05, 3.63) is 166 Å². The van der Waals surface area contributed by atoms with Crippen molar-refractivity contribution in [2.75, 3.05) is 16.8 Å². The molecule has 0 atom stereocenters. The molecule has 0 aliphatic carbocycles. The zero-order valence-corrected chi connectivity index (χ0v) is 31.1. The number of anilines is 2. The largest absolute Gasteiger partial charge is 0.489 e. The van der Waals surface area contributed by atoms with Gasteiger partial charge in [-0.1, -0.05) is 42.5 Å². The van der Waals surface area contributed by atoms with Crippen LogP contribution < -0.4 is 14.5 Å². The van der Waals surface area contributed by atoms with Crippen molar-refractivity contribution in [1.82, 2.24) is 9.97 Å². The van der Waals surface area contributed by atoms with Crippen molar-refractivity contribution in [2.45, 2.75) is 6.61 Å². The summed E-state index contributed by atoms with van der Waals surface area (Å²) in [5.74, 6) is 0.418. The van der Waals surface area contributed by atoms with Crippen molar-refractivity contribution in [1.29, 1.82) is 0 Å². The van der Waals surface area contributed by atoms with Crippen molar-refractivity contribution in [3.63, 3.8) is 0 Å². The van der Waals surface area contributed by atoms with Crippen LogP contribution >= 0.6 is 23.5 Å². The van der Waals surface area contributed by atoms with E-state index in [4.69, 9.17) is 9.73 Å². The Morgan fingerprint density at radius 2 is 1.24 bits per heavy atom. The number of rotatable bonds is 8. The molecule has 2 aromatic heterocycles. The highest BCUT2D eigenvalue weighted by Gasteiger charge is 2.35. The van der Waals surface area contributed by atoms with E-state index < -0.39 is 0 Å². The summed E-state index contributed by atoms with van der Waals surface area (Å²) >= 11 is 2.71. The Labute approximate surface area is 325 Å². The second kappa shape index (κ2) is 14.7. The lowest BCUT2D eigenvalue weighted by Crippen LogP contribution is -2.28. The van der Waals surface area contributed by atoms with Gasteiger partial charge in [-0.3, -0.25) is 24.4 Å². The molecule has 4 heterocycles. The lowest BCUT2D eigenvalue weighted by molar-refractivity contribution is -0.114. The molecular formula is C44H32N6O3S2. The fourth-order valence-electron chi connectivity index (χ4n) is 6.51. The molecule has 2 aliphatic rings. The van der Waals surface area contributed by atoms with Crippen LogP contribution in [0.15, 0.2) is 160 Å². The highest BCUT2D eigenvalue weighted by molar-refractivity contribution is 8.19. The number of amidine groups is 2. The molecule has 11 heteroatoms. The van der Waals surface area contributed by atoms with E-state index in [1.165, 1.54) is 23.5 Å². The molecule has 268 valence electrons. The number of benzene rings is 5. The topological polar surface area (TPSA) is 106 Å². The maximum absolute atomic E-state index is 13.8. The standard InChI is InChI=1S/C44H32N6O3S2/c1-45-43-50(42(52)39(54-43)25-28-10-16-37-31(22-28)18-20-46-37)35-9-5-6-30(24-35)27-53-36-14-12-33(13-15-36)48-44-49(34-7-3-2-4-8-34)41(51)40(55-44)26-29-11-17-38-32(23-29)19-21-47-38/h2-26,46-47H,27H2,1H3/b39-25-,40-26-,45-43-,48-44-. The number of aromatic nitrogens is 2. The Morgan fingerprint density at radius 1 is 0.636 bits per heavy atom. The molecule has 0 saturated carbocycles. The number of amides is 2. The number of nitrogens with one attached hydrogen (secondary N) is 2. The van der Waals surface area contributed by atoms with E-state index in [1.807, 2.05) is 140 Å². The Bertz CT molecular complexity index is 2730. The number of thioether (sulfide) groups is 2. The molecule has 7 aromatic rings. The average molecular weight is 757 g/mol. The van der Waals surface area contributed by atoms with E-state index in [2.05, 4.69) is 27.1 Å². The molecule has 55 heavy (non-hydrogen) atoms. The number of carbonyl (C=O) groups excluding carboxylic acids is 2. The maximum Gasteiger partial charge on any atom is 0.271 e. The van der Waals surface area contributed by atoms with Crippen molar-refractivity contribution in [2.24, 2.45) is 9.98 Å². The molecule has 2 saturated heterocycles. The van der Waals surface area contributed by atoms with Gasteiger partial charge in [0.15, 0.2) is 10.3 Å². The average Bonchev–Trinajstić information content (AvgIpc) is 4.01. The van der Waals surface area contributed by atoms with Crippen LogP contribution in [0.5, 0.6) is 5.75 Å². The van der Waals surface area contributed by atoms with Crippen LogP contribution in [0.4, 0.5) is 17.1 Å². The van der Waals surface area contributed by atoms with Crippen molar-refractivity contribution in [3.8, 4) is 5.75 Å². The van der Waals surface area contributed by atoms with E-state index >= 15 is 0 Å². The van der Waals surface area contributed by atoms with Crippen LogP contribution in [0.3, 0.4) is 0 Å². The van der Waals surface area contributed by atoms with Gasteiger partial charge in [0.05, 0.1) is 26.9 Å². The molecular weight excluding hydrogens is 725 g/mol. The number of fused-ring (bicyclic) bond motifs is 2. The summed E-state index contributed by atoms with van der Waals surface area (Å²) in [7, 11) is 1.70. The lowest BCUT2D eigenvalue weighted by Gasteiger charge is -2.16. The molecule has 2 N–H and O–H groups in total. The van der Waals surface area contributed by atoms with Crippen LogP contribution in [0, 0.1) is 0 Å². The van der Waals surface area contributed by atoms with Gasteiger partial charge in [-0.05, 0) is 148 Å². The third-order valence-corrected chi connectivity index (χ3v) is 11.2. The number of nitrogens with zero attached hydrogens (tertiary/aromatic N) is 4. The first-order valence-corrected chi connectivity index (χ1v) is 19.2. The summed E-state index contributed by atoms with van der Waals surface area (Å²) in [5.41, 5.74) is 7.05. The van der Waals surface area contributed by atoms with E-state index in [0.717, 1.165) is 49.9 Å². The summed E-state index contributed by atoms with van der Waals surface area (Å²) in [5, 5.41) is 3.35. The fourth-order valence-corrected chi connectivity index (χ4v) is 8.45. The normalized spacial score (nSPS) is 17.6. The van der Waals surface area contributed by atoms with Gasteiger partial charge < -0.3 is 14.7 Å². The van der Waals surface area contributed by atoms with Gasteiger partial charge in [0.1, 0.15) is 12.4 Å². The summed E-state index contributed by atoms with van der Waals surface area (Å²) in [6.45, 7) is 0.295. The lowest BCUT2D eigenvalue weighted by atomic mass is 10.1. The first kappa shape index (κ1) is 34.2. The number of H-pyrrole nitrogens is 2. The van der Waals surface area contributed by atoms with Crippen LogP contribution in [0.2, 0.25) is 0 Å². The minimum Gasteiger partial charge on any atom is -0.489 e. The van der Waals surface area contributed by atoms with Gasteiger partial charge in [0.25, 0.3) is 11.8 Å². The molecule has 2 aliphatic heterocycles. The Hall–Kier alpha value is -6.56. The molecule has 5 aromatic carbocycles. The van der Waals surface area contributed by atoms with E-state index in [9.17, 15) is 9.59 Å². The van der Waals surface area contributed by atoms with Crippen LogP contribution in [-0.2, 0) is 16.2 Å². The van der Waals surface area contributed by atoms with Crippen molar-refractivity contribution >= 4 is 96.7 Å². The first-order valence-electron chi connectivity index (χ1n) is 17.5. The smallest absolute Gasteiger partial charge is 0.271 e. The molecule has 2 amide bonds. The predicted octanol–water partition coefficient (Wildman–Crippen LogP) is 10.1. The molecule has 0 bridgehead atoms. The zero-order chi connectivity index (χ0) is 37.3. The van der Waals surface area contributed by atoms with Gasteiger partial charge in [0.2, 0.25) is 0 Å². The maximum atomic E-state index is 13.8. The number of hydrogen-bond acceptors (Lipinski definition) is 7. The second-order valence-electron chi connectivity index (χ2n) is 12.8. The number of aromatic amines is 2. The third kappa shape index (κ3) is 6.98. The van der Waals surface area contributed by atoms with Gasteiger partial charge in [-0.15, -0.1) is 0 Å².